The molecule has 2 N–H and O–H groups in total. The van der Waals surface area contributed by atoms with E-state index in [-0.39, 0.29) is 16.7 Å². The Balaban J connectivity index is 1.70. The molecule has 0 unspecified atom stereocenters. The number of carbonyl (C=O) groups is 1. The van der Waals surface area contributed by atoms with Gasteiger partial charge in [-0.1, -0.05) is 30.3 Å². The summed E-state index contributed by atoms with van der Waals surface area (Å²) in [5, 5.41) is 3.45. The van der Waals surface area contributed by atoms with Gasteiger partial charge in [-0.3, -0.25) is 9.59 Å². The minimum atomic E-state index is -0.473. The lowest BCUT2D eigenvalue weighted by Crippen LogP contribution is -2.23. The molecule has 4 aromatic rings. The first kappa shape index (κ1) is 16.0. The minimum Gasteiger partial charge on any atom is -0.354 e. The predicted molar refractivity (Wildman–Crippen MR) is 99.6 cm³/mol. The summed E-state index contributed by atoms with van der Waals surface area (Å²) >= 11 is 0. The van der Waals surface area contributed by atoms with Crippen LogP contribution < -0.4 is 10.7 Å². The van der Waals surface area contributed by atoms with Gasteiger partial charge in [-0.2, -0.15) is 0 Å². The van der Waals surface area contributed by atoms with Crippen molar-refractivity contribution in [3.05, 3.63) is 93.9 Å². The Morgan fingerprint density at radius 3 is 2.38 bits per heavy atom. The summed E-state index contributed by atoms with van der Waals surface area (Å²) in [5.74, 6) is -0.742. The number of hydrogen-bond acceptors (Lipinski definition) is 2. The van der Waals surface area contributed by atoms with E-state index in [9.17, 15) is 14.0 Å². The Kier molecular flexibility index (Phi) is 3.97. The van der Waals surface area contributed by atoms with Crippen molar-refractivity contribution >= 4 is 27.7 Å². The first-order chi connectivity index (χ1) is 12.6. The number of fused-ring (bicyclic) bond motifs is 2. The van der Waals surface area contributed by atoms with E-state index in [0.717, 1.165) is 5.56 Å². The summed E-state index contributed by atoms with van der Waals surface area (Å²) in [6.45, 7) is 0.400. The van der Waals surface area contributed by atoms with Gasteiger partial charge >= 0.3 is 0 Å². The molecule has 0 aliphatic rings. The number of rotatable bonds is 3. The number of aromatic amines is 1. The standard InChI is InChI=1S/C21H15FN2O2/c22-15-7-9-19-17(11-15)20(25)16-10-14(6-8-18(16)24-19)21(26)23-12-13-4-2-1-3-5-13/h1-11H,12H2,(H,23,26)(H,24,25). The molecule has 128 valence electrons. The van der Waals surface area contributed by atoms with Gasteiger partial charge in [0.15, 0.2) is 5.43 Å². The second kappa shape index (κ2) is 6.44. The monoisotopic (exact) mass is 346 g/mol. The van der Waals surface area contributed by atoms with Crippen molar-refractivity contribution < 1.29 is 9.18 Å². The zero-order valence-electron chi connectivity index (χ0n) is 13.8. The van der Waals surface area contributed by atoms with Gasteiger partial charge in [0.1, 0.15) is 5.82 Å². The number of nitrogens with one attached hydrogen (secondary N) is 2. The number of H-pyrrole nitrogens is 1. The number of halogens is 1. The fourth-order valence-electron chi connectivity index (χ4n) is 2.97. The third-order valence-electron chi connectivity index (χ3n) is 4.32. The second-order valence-electron chi connectivity index (χ2n) is 6.07. The summed E-state index contributed by atoms with van der Waals surface area (Å²) < 4.78 is 13.5. The molecule has 1 heterocycles. The smallest absolute Gasteiger partial charge is 0.251 e. The van der Waals surface area contributed by atoms with Crippen LogP contribution in [0, 0.1) is 5.82 Å². The Labute approximate surface area is 148 Å². The van der Waals surface area contributed by atoms with Gasteiger partial charge < -0.3 is 10.3 Å². The Bertz CT molecular complexity index is 1180. The fourth-order valence-corrected chi connectivity index (χ4v) is 2.97. The van der Waals surface area contributed by atoms with Crippen LogP contribution in [-0.2, 0) is 6.54 Å². The molecule has 1 aromatic heterocycles. The number of carbonyl (C=O) groups excluding carboxylic acids is 1. The highest BCUT2D eigenvalue weighted by Crippen LogP contribution is 2.17. The predicted octanol–water partition coefficient (Wildman–Crippen LogP) is 3.75. The van der Waals surface area contributed by atoms with Crippen molar-refractivity contribution in [2.24, 2.45) is 0 Å². The largest absolute Gasteiger partial charge is 0.354 e. The number of pyridine rings is 1. The van der Waals surface area contributed by atoms with E-state index < -0.39 is 5.82 Å². The zero-order valence-corrected chi connectivity index (χ0v) is 13.8. The van der Waals surface area contributed by atoms with Gasteiger partial charge in [-0.15, -0.1) is 0 Å². The van der Waals surface area contributed by atoms with Crippen molar-refractivity contribution in [2.45, 2.75) is 6.54 Å². The molecule has 3 aromatic carbocycles. The third kappa shape index (κ3) is 2.95. The van der Waals surface area contributed by atoms with Crippen molar-refractivity contribution in [1.82, 2.24) is 10.3 Å². The number of amides is 1. The lowest BCUT2D eigenvalue weighted by molar-refractivity contribution is 0.0951. The van der Waals surface area contributed by atoms with E-state index in [0.29, 0.717) is 28.5 Å². The van der Waals surface area contributed by atoms with E-state index in [1.54, 1.807) is 18.2 Å². The fraction of sp³-hybridized carbons (Fsp3) is 0.0476. The molecule has 0 bridgehead atoms. The van der Waals surface area contributed by atoms with Crippen molar-refractivity contribution in [1.29, 1.82) is 0 Å². The van der Waals surface area contributed by atoms with Gasteiger partial charge in [0.25, 0.3) is 5.91 Å². The van der Waals surface area contributed by atoms with E-state index >= 15 is 0 Å². The number of aromatic nitrogens is 1. The Hall–Kier alpha value is -3.47. The molecular weight excluding hydrogens is 331 g/mol. The van der Waals surface area contributed by atoms with Crippen LogP contribution in [0.2, 0.25) is 0 Å². The Morgan fingerprint density at radius 1 is 0.923 bits per heavy atom. The van der Waals surface area contributed by atoms with E-state index in [1.807, 2.05) is 30.3 Å². The van der Waals surface area contributed by atoms with Crippen molar-refractivity contribution in [3.8, 4) is 0 Å². The van der Waals surface area contributed by atoms with Crippen molar-refractivity contribution in [3.63, 3.8) is 0 Å². The molecule has 0 aliphatic heterocycles. The average Bonchev–Trinajstić information content (AvgIpc) is 2.67. The van der Waals surface area contributed by atoms with Gasteiger partial charge in [-0.25, -0.2) is 4.39 Å². The third-order valence-corrected chi connectivity index (χ3v) is 4.32. The summed E-state index contributed by atoms with van der Waals surface area (Å²) in [4.78, 5) is 28.2. The first-order valence-electron chi connectivity index (χ1n) is 8.19. The van der Waals surface area contributed by atoms with Gasteiger partial charge in [0.05, 0.1) is 0 Å². The number of hydrogen-bond donors (Lipinski definition) is 2. The molecule has 0 fully saturated rings. The molecule has 1 amide bonds. The molecule has 0 aliphatic carbocycles. The van der Waals surface area contributed by atoms with Crippen LogP contribution in [0.4, 0.5) is 4.39 Å². The van der Waals surface area contributed by atoms with E-state index in [2.05, 4.69) is 10.3 Å². The highest BCUT2D eigenvalue weighted by atomic mass is 19.1. The summed E-state index contributed by atoms with van der Waals surface area (Å²) in [5.41, 5.74) is 2.24. The van der Waals surface area contributed by atoms with Crippen LogP contribution in [-0.4, -0.2) is 10.9 Å². The highest BCUT2D eigenvalue weighted by molar-refractivity contribution is 6.00. The SMILES string of the molecule is O=C(NCc1ccccc1)c1ccc2[nH]c3ccc(F)cc3c(=O)c2c1. The maximum absolute atomic E-state index is 13.5. The molecule has 26 heavy (non-hydrogen) atoms. The second-order valence-corrected chi connectivity index (χ2v) is 6.07. The summed E-state index contributed by atoms with van der Waals surface area (Å²) in [6.07, 6.45) is 0. The van der Waals surface area contributed by atoms with Crippen molar-refractivity contribution in [2.75, 3.05) is 0 Å². The molecule has 5 heteroatoms. The van der Waals surface area contributed by atoms with Crippen LogP contribution >= 0.6 is 0 Å². The summed E-state index contributed by atoms with van der Waals surface area (Å²) in [6, 6.07) is 18.5. The maximum Gasteiger partial charge on any atom is 0.251 e. The molecule has 0 atom stereocenters. The normalized spacial score (nSPS) is 11.0. The molecular formula is C21H15FN2O2. The lowest BCUT2D eigenvalue weighted by Gasteiger charge is -2.07. The quantitative estimate of drug-likeness (QED) is 0.555. The first-order valence-corrected chi connectivity index (χ1v) is 8.19. The van der Waals surface area contributed by atoms with Gasteiger partial charge in [0.2, 0.25) is 0 Å². The van der Waals surface area contributed by atoms with E-state index in [4.69, 9.17) is 0 Å². The molecule has 0 spiro atoms. The molecule has 0 saturated heterocycles. The van der Waals surface area contributed by atoms with Gasteiger partial charge in [-0.05, 0) is 42.0 Å². The van der Waals surface area contributed by atoms with Crippen LogP contribution in [0.1, 0.15) is 15.9 Å². The van der Waals surface area contributed by atoms with Crippen LogP contribution in [0.3, 0.4) is 0 Å². The highest BCUT2D eigenvalue weighted by Gasteiger charge is 2.11. The zero-order chi connectivity index (χ0) is 18.1. The molecule has 4 rings (SSSR count). The van der Waals surface area contributed by atoms with Crippen LogP contribution in [0.5, 0.6) is 0 Å². The maximum atomic E-state index is 13.5. The molecule has 0 radical (unpaired) electrons. The molecule has 0 saturated carbocycles. The average molecular weight is 346 g/mol. The lowest BCUT2D eigenvalue weighted by atomic mass is 10.1. The topological polar surface area (TPSA) is 62.0 Å². The Morgan fingerprint density at radius 2 is 1.62 bits per heavy atom. The molecule has 4 nitrogen and oxygen atoms in total. The van der Waals surface area contributed by atoms with E-state index in [1.165, 1.54) is 18.2 Å². The van der Waals surface area contributed by atoms with Gasteiger partial charge in [0, 0.05) is 33.9 Å². The number of benzene rings is 3. The van der Waals surface area contributed by atoms with Crippen LogP contribution in [0.15, 0.2) is 71.5 Å². The minimum absolute atomic E-state index is 0.263. The summed E-state index contributed by atoms with van der Waals surface area (Å²) in [7, 11) is 0. The van der Waals surface area contributed by atoms with Crippen LogP contribution in [0.25, 0.3) is 21.8 Å².